The molecule has 2 N–H and O–H groups in total. The number of nitrogens with one attached hydrogen (secondary N) is 2. The van der Waals surface area contributed by atoms with Gasteiger partial charge in [-0.25, -0.2) is 10.0 Å². The fourth-order valence-electron chi connectivity index (χ4n) is 2.31. The summed E-state index contributed by atoms with van der Waals surface area (Å²) in [6.07, 6.45) is 0. The SMILES string of the molecule is CCNC(CNC)(N(C)C)N(C)N(CC)CC. The minimum absolute atomic E-state index is 0.185. The summed E-state index contributed by atoms with van der Waals surface area (Å²) in [5.74, 6) is -0.185. The molecule has 0 rings (SSSR count). The predicted molar refractivity (Wildman–Crippen MR) is 74.7 cm³/mol. The van der Waals surface area contributed by atoms with Gasteiger partial charge in [0.2, 0.25) is 0 Å². The Kier molecular flexibility index (Phi) is 7.91. The lowest BCUT2D eigenvalue weighted by Crippen LogP contribution is -2.73. The van der Waals surface area contributed by atoms with Crippen molar-refractivity contribution in [3.8, 4) is 0 Å². The van der Waals surface area contributed by atoms with Crippen molar-refractivity contribution in [2.75, 3.05) is 54.4 Å². The summed E-state index contributed by atoms with van der Waals surface area (Å²) in [4.78, 5) is 2.23. The monoisotopic (exact) mass is 245 g/mol. The predicted octanol–water partition coefficient (Wildman–Crippen LogP) is 0.219. The average Bonchev–Trinajstić information content (AvgIpc) is 2.29. The molecule has 0 aliphatic carbocycles. The van der Waals surface area contributed by atoms with Crippen LogP contribution >= 0.6 is 0 Å². The summed E-state index contributed by atoms with van der Waals surface area (Å²) >= 11 is 0. The minimum Gasteiger partial charge on any atom is -0.315 e. The molecule has 0 radical (unpaired) electrons. The first-order valence-corrected chi connectivity index (χ1v) is 6.55. The molecule has 0 aromatic rings. The Balaban J connectivity index is 5.09. The van der Waals surface area contributed by atoms with E-state index in [4.69, 9.17) is 0 Å². The zero-order valence-electron chi connectivity index (χ0n) is 12.7. The van der Waals surface area contributed by atoms with E-state index in [2.05, 4.69) is 67.5 Å². The van der Waals surface area contributed by atoms with E-state index in [1.807, 2.05) is 7.05 Å². The second-order valence-corrected chi connectivity index (χ2v) is 4.43. The van der Waals surface area contributed by atoms with Crippen molar-refractivity contribution in [3.63, 3.8) is 0 Å². The van der Waals surface area contributed by atoms with Crippen LogP contribution in [-0.2, 0) is 0 Å². The smallest absolute Gasteiger partial charge is 0.153 e. The summed E-state index contributed by atoms with van der Waals surface area (Å²) in [5.41, 5.74) is 0. The van der Waals surface area contributed by atoms with E-state index < -0.39 is 0 Å². The maximum Gasteiger partial charge on any atom is 0.153 e. The Labute approximate surface area is 107 Å². The van der Waals surface area contributed by atoms with Gasteiger partial charge in [-0.05, 0) is 27.7 Å². The van der Waals surface area contributed by atoms with Gasteiger partial charge in [0, 0.05) is 26.7 Å². The van der Waals surface area contributed by atoms with Gasteiger partial charge in [-0.2, -0.15) is 0 Å². The van der Waals surface area contributed by atoms with E-state index in [1.54, 1.807) is 0 Å². The number of hydrogen-bond donors (Lipinski definition) is 2. The van der Waals surface area contributed by atoms with Crippen LogP contribution in [0.5, 0.6) is 0 Å². The van der Waals surface area contributed by atoms with Gasteiger partial charge < -0.3 is 5.32 Å². The van der Waals surface area contributed by atoms with Crippen LogP contribution in [0.4, 0.5) is 0 Å². The molecule has 0 fully saturated rings. The van der Waals surface area contributed by atoms with Gasteiger partial charge in [-0.3, -0.25) is 10.2 Å². The number of likely N-dealkylation sites (N-methyl/N-ethyl adjacent to an activating group) is 4. The first-order valence-electron chi connectivity index (χ1n) is 6.55. The Hall–Kier alpha value is -0.200. The molecule has 104 valence electrons. The fourth-order valence-corrected chi connectivity index (χ4v) is 2.31. The second-order valence-electron chi connectivity index (χ2n) is 4.43. The molecule has 0 aromatic heterocycles. The Morgan fingerprint density at radius 3 is 1.82 bits per heavy atom. The molecule has 0 aliphatic heterocycles. The molecule has 0 amide bonds. The Morgan fingerprint density at radius 1 is 1.00 bits per heavy atom. The third kappa shape index (κ3) is 3.89. The van der Waals surface area contributed by atoms with Crippen LogP contribution in [0.1, 0.15) is 20.8 Å². The second kappa shape index (κ2) is 8.00. The number of hydrogen-bond acceptors (Lipinski definition) is 5. The van der Waals surface area contributed by atoms with Crippen LogP contribution in [0, 0.1) is 0 Å². The first kappa shape index (κ1) is 16.8. The van der Waals surface area contributed by atoms with Gasteiger partial charge in [-0.1, -0.05) is 20.8 Å². The topological polar surface area (TPSA) is 33.8 Å². The molecule has 0 aliphatic rings. The van der Waals surface area contributed by atoms with E-state index >= 15 is 0 Å². The lowest BCUT2D eigenvalue weighted by molar-refractivity contribution is -0.160. The molecule has 0 aromatic carbocycles. The quantitative estimate of drug-likeness (QED) is 0.449. The molecule has 5 nitrogen and oxygen atoms in total. The van der Waals surface area contributed by atoms with E-state index in [1.165, 1.54) is 0 Å². The first-order chi connectivity index (χ1) is 7.99. The maximum absolute atomic E-state index is 3.59. The summed E-state index contributed by atoms with van der Waals surface area (Å²) in [6.45, 7) is 10.3. The molecule has 0 saturated heterocycles. The van der Waals surface area contributed by atoms with Crippen molar-refractivity contribution in [3.05, 3.63) is 0 Å². The van der Waals surface area contributed by atoms with Gasteiger partial charge in [0.05, 0.1) is 0 Å². The highest BCUT2D eigenvalue weighted by Crippen LogP contribution is 2.15. The van der Waals surface area contributed by atoms with Crippen molar-refractivity contribution in [1.29, 1.82) is 0 Å². The summed E-state index contributed by atoms with van der Waals surface area (Å²) in [5, 5.41) is 11.5. The molecule has 17 heavy (non-hydrogen) atoms. The zero-order chi connectivity index (χ0) is 13.5. The van der Waals surface area contributed by atoms with Crippen molar-refractivity contribution in [2.45, 2.75) is 26.6 Å². The highest BCUT2D eigenvalue weighted by Gasteiger charge is 2.37. The van der Waals surface area contributed by atoms with Crippen LogP contribution in [0.2, 0.25) is 0 Å². The van der Waals surface area contributed by atoms with Crippen LogP contribution in [0.15, 0.2) is 0 Å². The molecule has 1 unspecified atom stereocenters. The van der Waals surface area contributed by atoms with E-state index in [0.29, 0.717) is 0 Å². The van der Waals surface area contributed by atoms with Gasteiger partial charge in [0.1, 0.15) is 0 Å². The van der Waals surface area contributed by atoms with Gasteiger partial charge in [-0.15, -0.1) is 0 Å². The van der Waals surface area contributed by atoms with Crippen molar-refractivity contribution < 1.29 is 0 Å². The lowest BCUT2D eigenvalue weighted by atomic mass is 10.2. The van der Waals surface area contributed by atoms with Crippen LogP contribution in [0.3, 0.4) is 0 Å². The van der Waals surface area contributed by atoms with Gasteiger partial charge >= 0.3 is 0 Å². The van der Waals surface area contributed by atoms with E-state index in [9.17, 15) is 0 Å². The number of rotatable bonds is 9. The zero-order valence-corrected chi connectivity index (χ0v) is 12.7. The van der Waals surface area contributed by atoms with E-state index in [0.717, 1.165) is 26.2 Å². The molecule has 0 spiro atoms. The third-order valence-corrected chi connectivity index (χ3v) is 3.31. The van der Waals surface area contributed by atoms with Crippen molar-refractivity contribution >= 4 is 0 Å². The largest absolute Gasteiger partial charge is 0.315 e. The Morgan fingerprint density at radius 2 is 1.53 bits per heavy atom. The minimum atomic E-state index is -0.185. The van der Waals surface area contributed by atoms with Gasteiger partial charge in [0.25, 0.3) is 0 Å². The normalized spacial score (nSPS) is 15.9. The van der Waals surface area contributed by atoms with Gasteiger partial charge in [0.15, 0.2) is 5.79 Å². The molecular formula is C12H31N5. The number of nitrogens with zero attached hydrogens (tertiary/aromatic N) is 3. The van der Waals surface area contributed by atoms with Crippen LogP contribution in [-0.4, -0.2) is 75.1 Å². The third-order valence-electron chi connectivity index (χ3n) is 3.31. The Bertz CT molecular complexity index is 185. The highest BCUT2D eigenvalue weighted by molar-refractivity contribution is 4.84. The summed E-state index contributed by atoms with van der Waals surface area (Å²) < 4.78 is 0. The highest BCUT2D eigenvalue weighted by atomic mass is 15.7. The fraction of sp³-hybridized carbons (Fsp3) is 1.00. The molecule has 0 saturated carbocycles. The summed E-state index contributed by atoms with van der Waals surface area (Å²) in [6, 6.07) is 0. The van der Waals surface area contributed by atoms with Crippen molar-refractivity contribution in [2.24, 2.45) is 0 Å². The van der Waals surface area contributed by atoms with Crippen LogP contribution < -0.4 is 10.6 Å². The molecule has 0 bridgehead atoms. The molecule has 0 heterocycles. The standard InChI is InChI=1S/C12H31N5/c1-8-14-12(11-13-4,15(5)6)16(7)17(9-2)10-3/h13-14H,8-11H2,1-7H3. The maximum atomic E-state index is 3.59. The summed E-state index contributed by atoms with van der Waals surface area (Å²) in [7, 11) is 8.36. The lowest BCUT2D eigenvalue weighted by Gasteiger charge is -2.50. The molecule has 1 atom stereocenters. The van der Waals surface area contributed by atoms with E-state index in [-0.39, 0.29) is 5.79 Å². The molecule has 5 heteroatoms. The average molecular weight is 245 g/mol. The number of hydrazine groups is 1. The van der Waals surface area contributed by atoms with Crippen LogP contribution in [0.25, 0.3) is 0 Å². The molecular weight excluding hydrogens is 214 g/mol. The van der Waals surface area contributed by atoms with Crippen molar-refractivity contribution in [1.82, 2.24) is 25.6 Å².